The number of anilines is 1. The lowest BCUT2D eigenvalue weighted by Crippen LogP contribution is -2.64. The van der Waals surface area contributed by atoms with Crippen molar-refractivity contribution in [2.75, 3.05) is 5.32 Å². The number of nitrogens with two attached hydrogens (primary N) is 1. The minimum Gasteiger partial charge on any atom is -0.386 e. The van der Waals surface area contributed by atoms with Crippen LogP contribution in [0.15, 0.2) is 41.5 Å². The molecule has 1 aromatic carbocycles. The van der Waals surface area contributed by atoms with Gasteiger partial charge >= 0.3 is 0 Å². The van der Waals surface area contributed by atoms with Gasteiger partial charge in [0.2, 0.25) is 5.50 Å². The minimum atomic E-state index is -4.37. The molecular weight excluding hydrogens is 450 g/mol. The Morgan fingerprint density at radius 3 is 2.58 bits per heavy atom. The number of pyridine rings is 1. The molecule has 2 aromatic rings. The molecule has 2 aliphatic rings. The number of sulfone groups is 1. The van der Waals surface area contributed by atoms with Crippen molar-refractivity contribution in [3.63, 3.8) is 0 Å². The van der Waals surface area contributed by atoms with Gasteiger partial charge in [-0.1, -0.05) is 11.6 Å². The van der Waals surface area contributed by atoms with E-state index in [0.717, 1.165) is 12.1 Å². The topological polar surface area (TPSA) is 115 Å². The highest BCUT2D eigenvalue weighted by Gasteiger charge is 2.64. The molecule has 0 saturated heterocycles. The highest BCUT2D eigenvalue weighted by molar-refractivity contribution is 7.94. The number of aliphatic imine (C=N–C) groups is 1. The molecule has 2 heterocycles. The zero-order valence-corrected chi connectivity index (χ0v) is 18.0. The molecule has 2 atom stereocenters. The number of nitrogens with one attached hydrogen (secondary N) is 1. The lowest BCUT2D eigenvalue weighted by atomic mass is 9.82. The Morgan fingerprint density at radius 2 is 2.00 bits per heavy atom. The number of aromatic nitrogens is 1. The monoisotopic (exact) mass is 468 g/mol. The molecule has 1 aliphatic heterocycles. The van der Waals surface area contributed by atoms with Gasteiger partial charge in [-0.15, -0.1) is 0 Å². The summed E-state index contributed by atoms with van der Waals surface area (Å²) in [6, 6.07) is 6.30. The number of halogens is 3. The number of nitrogens with zero attached hydrogens (tertiary/aromatic N) is 2. The molecule has 3 N–H and O–H groups in total. The summed E-state index contributed by atoms with van der Waals surface area (Å²) in [6.07, 6.45) is 2.26. The number of rotatable bonds is 3. The highest BCUT2D eigenvalue weighted by atomic mass is 35.5. The quantitative estimate of drug-likeness (QED) is 0.717. The first-order valence-electron chi connectivity index (χ1n) is 9.47. The van der Waals surface area contributed by atoms with Crippen LogP contribution >= 0.6 is 11.6 Å². The van der Waals surface area contributed by atoms with Crippen molar-refractivity contribution in [1.82, 2.24) is 4.98 Å². The summed E-state index contributed by atoms with van der Waals surface area (Å²) in [5.74, 6) is -1.69. The van der Waals surface area contributed by atoms with E-state index in [9.17, 15) is 17.6 Å². The van der Waals surface area contributed by atoms with Gasteiger partial charge in [-0.05, 0) is 56.5 Å². The maximum absolute atomic E-state index is 15.4. The maximum Gasteiger partial charge on any atom is 0.274 e. The summed E-state index contributed by atoms with van der Waals surface area (Å²) in [7, 11) is -4.37. The lowest BCUT2D eigenvalue weighted by Gasteiger charge is -2.48. The summed E-state index contributed by atoms with van der Waals surface area (Å²) < 4.78 is 54.6. The van der Waals surface area contributed by atoms with Gasteiger partial charge < -0.3 is 11.1 Å². The Labute approximate surface area is 182 Å². The van der Waals surface area contributed by atoms with Crippen LogP contribution in [0.25, 0.3) is 0 Å². The van der Waals surface area contributed by atoms with Gasteiger partial charge in [0.05, 0.1) is 5.02 Å². The normalized spacial score (nSPS) is 26.1. The standard InChI is InChI=1S/C20H19ClF2N4O3S/c1-19(17(23)31(29,30)20(7-2-8-20)18(24)27-19)13-9-12(4-5-14(13)22)26-16(28)15-6-3-11(21)10-25-15/h3-6,9-10,17H,2,7-8H2,1H3,(H2,24,27)(H,26,28). The minimum absolute atomic E-state index is 0.0549. The molecule has 1 amide bonds. The average molecular weight is 469 g/mol. The fourth-order valence-corrected chi connectivity index (χ4v) is 6.45. The van der Waals surface area contributed by atoms with Crippen molar-refractivity contribution in [1.29, 1.82) is 0 Å². The second-order valence-electron chi connectivity index (χ2n) is 7.86. The summed E-state index contributed by atoms with van der Waals surface area (Å²) in [5, 5.41) is 2.87. The van der Waals surface area contributed by atoms with Crippen molar-refractivity contribution in [2.45, 2.75) is 42.0 Å². The molecular formula is C20H19ClF2N4O3S. The molecule has 1 fully saturated rings. The van der Waals surface area contributed by atoms with E-state index in [0.29, 0.717) is 11.4 Å². The molecule has 0 bridgehead atoms. The Kier molecular flexibility index (Phi) is 5.05. The molecule has 0 radical (unpaired) electrons. The number of hydrogen-bond acceptors (Lipinski definition) is 6. The Morgan fingerprint density at radius 1 is 1.29 bits per heavy atom. The first-order chi connectivity index (χ1) is 14.5. The van der Waals surface area contributed by atoms with Crippen molar-refractivity contribution in [3.05, 3.63) is 58.6 Å². The van der Waals surface area contributed by atoms with E-state index in [1.807, 2.05) is 0 Å². The van der Waals surface area contributed by atoms with Crippen LogP contribution in [-0.4, -0.2) is 35.4 Å². The number of alkyl halides is 1. The van der Waals surface area contributed by atoms with Crippen LogP contribution in [0.1, 0.15) is 42.2 Å². The number of amidine groups is 1. The summed E-state index contributed by atoms with van der Waals surface area (Å²) in [6.45, 7) is 1.18. The van der Waals surface area contributed by atoms with Crippen LogP contribution in [0, 0.1) is 5.82 Å². The van der Waals surface area contributed by atoms with Gasteiger partial charge in [-0.2, -0.15) is 0 Å². The second-order valence-corrected chi connectivity index (χ2v) is 10.6. The van der Waals surface area contributed by atoms with E-state index < -0.39 is 37.4 Å². The largest absolute Gasteiger partial charge is 0.386 e. The van der Waals surface area contributed by atoms with E-state index >= 15 is 4.39 Å². The zero-order chi connectivity index (χ0) is 22.6. The van der Waals surface area contributed by atoms with Crippen LogP contribution in [0.5, 0.6) is 0 Å². The summed E-state index contributed by atoms with van der Waals surface area (Å²) in [4.78, 5) is 20.4. The van der Waals surface area contributed by atoms with E-state index in [-0.39, 0.29) is 35.6 Å². The molecule has 1 aliphatic carbocycles. The third kappa shape index (κ3) is 3.20. The van der Waals surface area contributed by atoms with E-state index in [1.165, 1.54) is 31.3 Å². The van der Waals surface area contributed by atoms with E-state index in [2.05, 4.69) is 15.3 Å². The maximum atomic E-state index is 15.4. The molecule has 164 valence electrons. The highest BCUT2D eigenvalue weighted by Crippen LogP contribution is 2.51. The first kappa shape index (κ1) is 21.6. The Bertz CT molecular complexity index is 1200. The third-order valence-electron chi connectivity index (χ3n) is 5.97. The fraction of sp³-hybridized carbons (Fsp3) is 0.350. The molecule has 11 heteroatoms. The van der Waals surface area contributed by atoms with E-state index in [4.69, 9.17) is 17.3 Å². The number of carbonyl (C=O) groups excluding carboxylic acids is 1. The molecule has 1 spiro atoms. The van der Waals surface area contributed by atoms with Gasteiger partial charge in [-0.25, -0.2) is 22.2 Å². The van der Waals surface area contributed by atoms with Crippen LogP contribution in [0.3, 0.4) is 0 Å². The fourth-order valence-electron chi connectivity index (χ4n) is 3.97. The number of hydrogen-bond donors (Lipinski definition) is 2. The SMILES string of the molecule is CC1(c2cc(NC(=O)c3ccc(Cl)cn3)ccc2F)N=C(N)C2(CCC2)S(=O)(=O)C1F. The number of amides is 1. The van der Waals surface area contributed by atoms with Gasteiger partial charge in [0.15, 0.2) is 9.84 Å². The van der Waals surface area contributed by atoms with Crippen molar-refractivity contribution in [3.8, 4) is 0 Å². The van der Waals surface area contributed by atoms with Gasteiger partial charge in [0.25, 0.3) is 5.91 Å². The summed E-state index contributed by atoms with van der Waals surface area (Å²) >= 11 is 5.76. The second kappa shape index (κ2) is 7.23. The molecule has 4 rings (SSSR count). The van der Waals surface area contributed by atoms with Crippen LogP contribution in [-0.2, 0) is 15.4 Å². The van der Waals surface area contributed by atoms with Crippen molar-refractivity contribution < 1.29 is 22.0 Å². The smallest absolute Gasteiger partial charge is 0.274 e. The van der Waals surface area contributed by atoms with Crippen LogP contribution < -0.4 is 11.1 Å². The lowest BCUT2D eigenvalue weighted by molar-refractivity contribution is 0.102. The predicted molar refractivity (Wildman–Crippen MR) is 113 cm³/mol. The van der Waals surface area contributed by atoms with Gasteiger partial charge in [0.1, 0.15) is 27.6 Å². The Balaban J connectivity index is 1.73. The van der Waals surface area contributed by atoms with Crippen LogP contribution in [0.2, 0.25) is 5.02 Å². The zero-order valence-electron chi connectivity index (χ0n) is 16.4. The third-order valence-corrected chi connectivity index (χ3v) is 8.90. The van der Waals surface area contributed by atoms with Crippen molar-refractivity contribution >= 4 is 38.9 Å². The molecule has 1 saturated carbocycles. The predicted octanol–water partition coefficient (Wildman–Crippen LogP) is 3.35. The number of benzene rings is 1. The molecule has 31 heavy (non-hydrogen) atoms. The molecule has 7 nitrogen and oxygen atoms in total. The summed E-state index contributed by atoms with van der Waals surface area (Å²) in [5.41, 5.74) is 1.21. The van der Waals surface area contributed by atoms with Gasteiger partial charge in [-0.3, -0.25) is 9.79 Å². The first-order valence-corrected chi connectivity index (χ1v) is 11.4. The van der Waals surface area contributed by atoms with Gasteiger partial charge in [0, 0.05) is 17.4 Å². The van der Waals surface area contributed by atoms with Crippen molar-refractivity contribution in [2.24, 2.45) is 10.7 Å². The molecule has 2 unspecified atom stereocenters. The average Bonchev–Trinajstić information content (AvgIpc) is 2.67. The Hall–Kier alpha value is -2.59. The van der Waals surface area contributed by atoms with Crippen LogP contribution in [0.4, 0.5) is 14.5 Å². The number of carbonyl (C=O) groups is 1. The molecule has 1 aromatic heterocycles. The van der Waals surface area contributed by atoms with E-state index in [1.54, 1.807) is 0 Å².